The van der Waals surface area contributed by atoms with E-state index in [1.165, 1.54) is 14.0 Å². The van der Waals surface area contributed by atoms with Gasteiger partial charge in [0.15, 0.2) is 5.78 Å². The molecule has 0 bridgehead atoms. The van der Waals surface area contributed by atoms with Crippen LogP contribution in [0.15, 0.2) is 48.5 Å². The van der Waals surface area contributed by atoms with E-state index in [1.807, 2.05) is 6.07 Å². The van der Waals surface area contributed by atoms with Crippen molar-refractivity contribution < 1.29 is 19.1 Å². The number of amides is 2. The lowest BCUT2D eigenvalue weighted by molar-refractivity contribution is -0.116. The molecule has 0 fully saturated rings. The average molecular weight is 340 g/mol. The summed E-state index contributed by atoms with van der Waals surface area (Å²) >= 11 is 0. The molecule has 6 heteroatoms. The number of hydrogen-bond donors (Lipinski definition) is 2. The summed E-state index contributed by atoms with van der Waals surface area (Å²) in [5.41, 5.74) is 1.57. The van der Waals surface area contributed by atoms with Gasteiger partial charge in [-0.25, -0.2) is 0 Å². The number of carbonyl (C=O) groups is 3. The first-order valence-corrected chi connectivity index (χ1v) is 7.83. The second-order valence-electron chi connectivity index (χ2n) is 5.43. The van der Waals surface area contributed by atoms with Crippen molar-refractivity contribution in [1.29, 1.82) is 0 Å². The fraction of sp³-hybridized carbons (Fsp3) is 0.211. The predicted molar refractivity (Wildman–Crippen MR) is 95.9 cm³/mol. The van der Waals surface area contributed by atoms with E-state index >= 15 is 0 Å². The number of nitrogens with one attached hydrogen (secondary N) is 2. The number of ketones is 1. The Hall–Kier alpha value is -3.15. The number of carbonyl (C=O) groups excluding carboxylic acids is 3. The Labute approximate surface area is 146 Å². The van der Waals surface area contributed by atoms with Crippen molar-refractivity contribution in [2.24, 2.45) is 0 Å². The third-order valence-corrected chi connectivity index (χ3v) is 3.47. The molecule has 2 aromatic rings. The van der Waals surface area contributed by atoms with Gasteiger partial charge in [0, 0.05) is 31.0 Å². The number of hydrogen-bond acceptors (Lipinski definition) is 4. The summed E-state index contributed by atoms with van der Waals surface area (Å²) in [6, 6.07) is 13.8. The van der Waals surface area contributed by atoms with Gasteiger partial charge in [0.05, 0.1) is 12.8 Å². The van der Waals surface area contributed by atoms with Crippen molar-refractivity contribution in [3.8, 4) is 5.75 Å². The number of ether oxygens (including phenoxy) is 1. The maximum Gasteiger partial charge on any atom is 0.224 e. The van der Waals surface area contributed by atoms with Gasteiger partial charge in [0.1, 0.15) is 5.75 Å². The first-order chi connectivity index (χ1) is 12.0. The predicted octanol–water partition coefficient (Wildman–Crippen LogP) is 3.26. The second-order valence-corrected chi connectivity index (χ2v) is 5.43. The highest BCUT2D eigenvalue weighted by Gasteiger charge is 2.12. The maximum atomic E-state index is 12.1. The lowest BCUT2D eigenvalue weighted by atomic mass is 10.1. The molecule has 0 saturated carbocycles. The van der Waals surface area contributed by atoms with Gasteiger partial charge in [-0.05, 0) is 18.2 Å². The molecule has 0 unspecified atom stereocenters. The van der Waals surface area contributed by atoms with Crippen molar-refractivity contribution in [3.63, 3.8) is 0 Å². The Morgan fingerprint density at radius 3 is 2.32 bits per heavy atom. The number of anilines is 2. The molecule has 0 spiro atoms. The van der Waals surface area contributed by atoms with Crippen LogP contribution in [0.2, 0.25) is 0 Å². The lowest BCUT2D eigenvalue weighted by Crippen LogP contribution is -2.14. The number of rotatable bonds is 7. The molecule has 25 heavy (non-hydrogen) atoms. The smallest absolute Gasteiger partial charge is 0.224 e. The standard InChI is InChI=1S/C19H20N2O4/c1-13(22)20-15-8-10-18(25-2)16(12-15)21-19(24)11-9-17(23)14-6-4-3-5-7-14/h3-8,10,12H,9,11H2,1-2H3,(H,20,22)(H,21,24). The second kappa shape index (κ2) is 8.63. The van der Waals surface area contributed by atoms with Gasteiger partial charge >= 0.3 is 0 Å². The molecule has 130 valence electrons. The van der Waals surface area contributed by atoms with Crippen LogP contribution in [0.5, 0.6) is 5.75 Å². The average Bonchev–Trinajstić information content (AvgIpc) is 2.60. The minimum atomic E-state index is -0.303. The van der Waals surface area contributed by atoms with Crippen LogP contribution < -0.4 is 15.4 Å². The monoisotopic (exact) mass is 340 g/mol. The molecular weight excluding hydrogens is 320 g/mol. The van der Waals surface area contributed by atoms with Gasteiger partial charge in [0.2, 0.25) is 11.8 Å². The summed E-state index contributed by atoms with van der Waals surface area (Å²) in [4.78, 5) is 35.3. The van der Waals surface area contributed by atoms with Crippen LogP contribution in [0.3, 0.4) is 0 Å². The summed E-state index contributed by atoms with van der Waals surface area (Å²) < 4.78 is 5.21. The highest BCUT2D eigenvalue weighted by atomic mass is 16.5. The minimum Gasteiger partial charge on any atom is -0.495 e. The highest BCUT2D eigenvalue weighted by Crippen LogP contribution is 2.28. The molecule has 6 nitrogen and oxygen atoms in total. The fourth-order valence-corrected chi connectivity index (χ4v) is 2.29. The summed E-state index contributed by atoms with van der Waals surface area (Å²) in [5.74, 6) is -0.134. The summed E-state index contributed by atoms with van der Waals surface area (Å²) in [7, 11) is 1.49. The zero-order valence-corrected chi connectivity index (χ0v) is 14.2. The van der Waals surface area contributed by atoms with Gasteiger partial charge < -0.3 is 15.4 Å². The minimum absolute atomic E-state index is 0.0568. The quantitative estimate of drug-likeness (QED) is 0.758. The molecule has 0 aliphatic rings. The van der Waals surface area contributed by atoms with Crippen molar-refractivity contribution in [3.05, 3.63) is 54.1 Å². The van der Waals surface area contributed by atoms with Gasteiger partial charge in [-0.15, -0.1) is 0 Å². The van der Waals surface area contributed by atoms with Gasteiger partial charge in [-0.1, -0.05) is 30.3 Å². The summed E-state index contributed by atoms with van der Waals surface area (Å²) in [6.45, 7) is 1.40. The van der Waals surface area contributed by atoms with E-state index in [4.69, 9.17) is 4.74 Å². The third-order valence-electron chi connectivity index (χ3n) is 3.47. The van der Waals surface area contributed by atoms with E-state index in [2.05, 4.69) is 10.6 Å². The third kappa shape index (κ3) is 5.46. The normalized spacial score (nSPS) is 10.0. The zero-order valence-electron chi connectivity index (χ0n) is 14.2. The van der Waals surface area contributed by atoms with Gasteiger partial charge in [-0.3, -0.25) is 14.4 Å². The molecule has 2 amide bonds. The van der Waals surface area contributed by atoms with Crippen molar-refractivity contribution in [2.75, 3.05) is 17.7 Å². The van der Waals surface area contributed by atoms with E-state index in [9.17, 15) is 14.4 Å². The first kappa shape index (κ1) is 18.2. The number of Topliss-reactive ketones (excluding diaryl/α,β-unsaturated/α-hetero) is 1. The largest absolute Gasteiger partial charge is 0.495 e. The van der Waals surface area contributed by atoms with E-state index in [-0.39, 0.29) is 30.4 Å². The molecule has 0 radical (unpaired) electrons. The SMILES string of the molecule is COc1ccc(NC(C)=O)cc1NC(=O)CCC(=O)c1ccccc1. The molecule has 0 heterocycles. The molecule has 0 saturated heterocycles. The van der Waals surface area contributed by atoms with E-state index in [0.29, 0.717) is 22.7 Å². The molecule has 0 atom stereocenters. The Balaban J connectivity index is 1.99. The van der Waals surface area contributed by atoms with Crippen molar-refractivity contribution in [1.82, 2.24) is 0 Å². The number of benzene rings is 2. The molecule has 2 aromatic carbocycles. The first-order valence-electron chi connectivity index (χ1n) is 7.83. The zero-order chi connectivity index (χ0) is 18.2. The fourth-order valence-electron chi connectivity index (χ4n) is 2.29. The Kier molecular flexibility index (Phi) is 6.28. The van der Waals surface area contributed by atoms with Crippen molar-refractivity contribution in [2.45, 2.75) is 19.8 Å². The van der Waals surface area contributed by atoms with Crippen LogP contribution >= 0.6 is 0 Å². The van der Waals surface area contributed by atoms with Crippen molar-refractivity contribution >= 4 is 29.0 Å². The van der Waals surface area contributed by atoms with E-state index < -0.39 is 0 Å². The highest BCUT2D eigenvalue weighted by molar-refractivity contribution is 6.00. The van der Waals surface area contributed by atoms with Crippen LogP contribution in [0, 0.1) is 0 Å². The van der Waals surface area contributed by atoms with E-state index in [1.54, 1.807) is 42.5 Å². The molecule has 2 rings (SSSR count). The van der Waals surface area contributed by atoms with Crippen LogP contribution in [0.25, 0.3) is 0 Å². The molecule has 2 N–H and O–H groups in total. The van der Waals surface area contributed by atoms with Gasteiger partial charge in [-0.2, -0.15) is 0 Å². The summed E-state index contributed by atoms with van der Waals surface area (Å²) in [6.07, 6.45) is 0.171. The molecular formula is C19H20N2O4. The molecule has 0 aromatic heterocycles. The number of methoxy groups -OCH3 is 1. The topological polar surface area (TPSA) is 84.5 Å². The Morgan fingerprint density at radius 2 is 1.68 bits per heavy atom. The molecule has 0 aliphatic carbocycles. The Morgan fingerprint density at radius 1 is 0.960 bits per heavy atom. The molecule has 0 aliphatic heterocycles. The van der Waals surface area contributed by atoms with Gasteiger partial charge in [0.25, 0.3) is 0 Å². The summed E-state index contributed by atoms with van der Waals surface area (Å²) in [5, 5.41) is 5.36. The van der Waals surface area contributed by atoms with E-state index in [0.717, 1.165) is 0 Å². The maximum absolute atomic E-state index is 12.1. The van der Waals surface area contributed by atoms with Crippen LogP contribution in [0.1, 0.15) is 30.1 Å². The lowest BCUT2D eigenvalue weighted by Gasteiger charge is -2.12. The van der Waals surface area contributed by atoms with Crippen LogP contribution in [-0.4, -0.2) is 24.7 Å². The Bertz CT molecular complexity index is 772. The van der Waals surface area contributed by atoms with Crippen LogP contribution in [-0.2, 0) is 9.59 Å². The van der Waals surface area contributed by atoms with Crippen LogP contribution in [0.4, 0.5) is 11.4 Å².